The van der Waals surface area contributed by atoms with Gasteiger partial charge in [-0.3, -0.25) is 14.8 Å². The molecular weight excluding hydrogens is 386 g/mol. The molecule has 0 atom stereocenters. The minimum atomic E-state index is -0.183. The first-order chi connectivity index (χ1) is 13.2. The molecule has 0 unspecified atom stereocenters. The predicted molar refractivity (Wildman–Crippen MR) is 103 cm³/mol. The zero-order valence-corrected chi connectivity index (χ0v) is 15.4. The van der Waals surface area contributed by atoms with E-state index in [1.54, 1.807) is 36.7 Å². The van der Waals surface area contributed by atoms with Gasteiger partial charge in [0, 0.05) is 18.1 Å². The molecule has 0 bridgehead atoms. The third-order valence-corrected chi connectivity index (χ3v) is 4.85. The molecule has 0 spiro atoms. The Hall–Kier alpha value is -3.04. The third-order valence-electron chi connectivity index (χ3n) is 3.61. The van der Waals surface area contributed by atoms with Crippen LogP contribution in [0.5, 0.6) is 0 Å². The number of anilines is 1. The Morgan fingerprint density at radius 3 is 2.78 bits per heavy atom. The van der Waals surface area contributed by atoms with Gasteiger partial charge in [-0.25, -0.2) is 0 Å². The molecule has 10 heteroatoms. The van der Waals surface area contributed by atoms with Gasteiger partial charge in [0.05, 0.1) is 27.5 Å². The van der Waals surface area contributed by atoms with Crippen molar-refractivity contribution in [2.24, 2.45) is 0 Å². The second-order valence-electron chi connectivity index (χ2n) is 5.42. The number of carbonyl (C=O) groups is 1. The maximum atomic E-state index is 12.3. The minimum Gasteiger partial charge on any atom is -0.325 e. The highest BCUT2D eigenvalue weighted by Crippen LogP contribution is 2.24. The maximum Gasteiger partial charge on any atom is 0.234 e. The van der Waals surface area contributed by atoms with Crippen LogP contribution in [0.3, 0.4) is 0 Å². The molecule has 1 amide bonds. The van der Waals surface area contributed by atoms with E-state index in [1.807, 2.05) is 18.2 Å². The second-order valence-corrected chi connectivity index (χ2v) is 6.77. The number of tetrazole rings is 1. The van der Waals surface area contributed by atoms with Gasteiger partial charge in [0.25, 0.3) is 0 Å². The van der Waals surface area contributed by atoms with Gasteiger partial charge in [0.2, 0.25) is 11.1 Å². The zero-order valence-electron chi connectivity index (χ0n) is 13.8. The summed E-state index contributed by atoms with van der Waals surface area (Å²) >= 11 is 7.41. The summed E-state index contributed by atoms with van der Waals surface area (Å²) in [5.41, 5.74) is 2.79. The quantitative estimate of drug-likeness (QED) is 0.517. The van der Waals surface area contributed by atoms with Gasteiger partial charge < -0.3 is 5.32 Å². The molecule has 2 aromatic carbocycles. The Balaban J connectivity index is 1.44. The number of nitrogens with zero attached hydrogens (tertiary/aromatic N) is 6. The van der Waals surface area contributed by atoms with Gasteiger partial charge in [-0.05, 0) is 40.8 Å². The summed E-state index contributed by atoms with van der Waals surface area (Å²) in [6.45, 7) is 0. The monoisotopic (exact) mass is 397 g/mol. The number of nitrogens with one attached hydrogen (secondary N) is 1. The fourth-order valence-corrected chi connectivity index (χ4v) is 3.31. The summed E-state index contributed by atoms with van der Waals surface area (Å²) in [6.07, 6.45) is 3.23. The second kappa shape index (κ2) is 7.68. The number of fused-ring (bicyclic) bond motifs is 1. The molecule has 4 rings (SSSR count). The molecule has 0 aliphatic heterocycles. The van der Waals surface area contributed by atoms with Crippen LogP contribution in [0.2, 0.25) is 5.02 Å². The molecule has 0 aliphatic carbocycles. The SMILES string of the molecule is O=C(CSc1nnnn1-c1ccccc1Cl)Nc1ccc2nccnc2c1. The summed E-state index contributed by atoms with van der Waals surface area (Å²) < 4.78 is 1.51. The average Bonchev–Trinajstić information content (AvgIpc) is 3.15. The molecule has 0 saturated heterocycles. The summed E-state index contributed by atoms with van der Waals surface area (Å²) in [7, 11) is 0. The number of carbonyl (C=O) groups excluding carboxylic acids is 1. The molecule has 2 heterocycles. The topological polar surface area (TPSA) is 98.5 Å². The van der Waals surface area contributed by atoms with E-state index in [0.29, 0.717) is 27.1 Å². The molecule has 27 heavy (non-hydrogen) atoms. The van der Waals surface area contributed by atoms with Crippen LogP contribution in [0, 0.1) is 0 Å². The lowest BCUT2D eigenvalue weighted by atomic mass is 10.2. The Kier molecular flexibility index (Phi) is 4.95. The smallest absolute Gasteiger partial charge is 0.234 e. The molecule has 0 saturated carbocycles. The standard InChI is InChI=1S/C17H12ClN7OS/c18-12-3-1-2-4-15(12)25-17(22-23-24-25)27-10-16(26)21-11-5-6-13-14(9-11)20-8-7-19-13/h1-9H,10H2,(H,21,26). The highest BCUT2D eigenvalue weighted by Gasteiger charge is 2.13. The van der Waals surface area contributed by atoms with Crippen LogP contribution >= 0.6 is 23.4 Å². The van der Waals surface area contributed by atoms with Crippen molar-refractivity contribution < 1.29 is 4.79 Å². The number of hydrogen-bond acceptors (Lipinski definition) is 7. The van der Waals surface area contributed by atoms with Crippen molar-refractivity contribution in [3.63, 3.8) is 0 Å². The van der Waals surface area contributed by atoms with E-state index in [0.717, 1.165) is 5.52 Å². The molecular formula is C17H12ClN7OS. The van der Waals surface area contributed by atoms with E-state index in [2.05, 4.69) is 30.8 Å². The van der Waals surface area contributed by atoms with Crippen molar-refractivity contribution in [1.82, 2.24) is 30.2 Å². The normalized spacial score (nSPS) is 10.9. The number of para-hydroxylation sites is 1. The summed E-state index contributed by atoms with van der Waals surface area (Å²) in [4.78, 5) is 20.7. The first-order valence-electron chi connectivity index (χ1n) is 7.87. The van der Waals surface area contributed by atoms with E-state index >= 15 is 0 Å². The van der Waals surface area contributed by atoms with Crippen LogP contribution in [0.15, 0.2) is 60.0 Å². The molecule has 0 fully saturated rings. The lowest BCUT2D eigenvalue weighted by Gasteiger charge is -2.07. The van der Waals surface area contributed by atoms with E-state index < -0.39 is 0 Å². The van der Waals surface area contributed by atoms with Crippen molar-refractivity contribution in [2.45, 2.75) is 5.16 Å². The van der Waals surface area contributed by atoms with Gasteiger partial charge in [0.15, 0.2) is 0 Å². The van der Waals surface area contributed by atoms with Crippen molar-refractivity contribution in [1.29, 1.82) is 0 Å². The van der Waals surface area contributed by atoms with Crippen LogP contribution in [0.25, 0.3) is 16.7 Å². The Labute approximate surface area is 163 Å². The van der Waals surface area contributed by atoms with Crippen LogP contribution in [0.1, 0.15) is 0 Å². The molecule has 134 valence electrons. The van der Waals surface area contributed by atoms with Crippen molar-refractivity contribution in [3.05, 3.63) is 59.9 Å². The van der Waals surface area contributed by atoms with Gasteiger partial charge in [-0.15, -0.1) is 5.10 Å². The number of thioether (sulfide) groups is 1. The zero-order chi connectivity index (χ0) is 18.6. The van der Waals surface area contributed by atoms with Crippen LogP contribution in [-0.4, -0.2) is 41.8 Å². The molecule has 0 radical (unpaired) electrons. The molecule has 0 aliphatic rings. The fraction of sp³-hybridized carbons (Fsp3) is 0.0588. The van der Waals surface area contributed by atoms with Crippen LogP contribution in [0.4, 0.5) is 5.69 Å². The third kappa shape index (κ3) is 3.88. The molecule has 4 aromatic rings. The van der Waals surface area contributed by atoms with Crippen molar-refractivity contribution in [3.8, 4) is 5.69 Å². The first-order valence-corrected chi connectivity index (χ1v) is 9.24. The predicted octanol–water partition coefficient (Wildman–Crippen LogP) is 2.99. The Bertz CT molecular complexity index is 1120. The average molecular weight is 398 g/mol. The number of aromatic nitrogens is 6. The maximum absolute atomic E-state index is 12.3. The largest absolute Gasteiger partial charge is 0.325 e. The fourth-order valence-electron chi connectivity index (χ4n) is 2.41. The number of hydrogen-bond donors (Lipinski definition) is 1. The van der Waals surface area contributed by atoms with Gasteiger partial charge in [0.1, 0.15) is 0 Å². The molecule has 1 N–H and O–H groups in total. The number of halogens is 1. The van der Waals surface area contributed by atoms with Crippen molar-refractivity contribution in [2.75, 3.05) is 11.1 Å². The highest BCUT2D eigenvalue weighted by molar-refractivity contribution is 7.99. The first kappa shape index (κ1) is 17.4. The molecule has 2 aromatic heterocycles. The lowest BCUT2D eigenvalue weighted by molar-refractivity contribution is -0.113. The van der Waals surface area contributed by atoms with Crippen LogP contribution < -0.4 is 5.32 Å². The molecule has 8 nitrogen and oxygen atoms in total. The highest BCUT2D eigenvalue weighted by atomic mass is 35.5. The summed E-state index contributed by atoms with van der Waals surface area (Å²) in [6, 6.07) is 12.6. The van der Waals surface area contributed by atoms with Gasteiger partial charge >= 0.3 is 0 Å². The number of amides is 1. The van der Waals surface area contributed by atoms with Crippen molar-refractivity contribution >= 4 is 46.0 Å². The summed E-state index contributed by atoms with van der Waals surface area (Å²) in [5, 5.41) is 15.4. The van der Waals surface area contributed by atoms with Crippen LogP contribution in [-0.2, 0) is 4.79 Å². The minimum absolute atomic E-state index is 0.142. The summed E-state index contributed by atoms with van der Waals surface area (Å²) in [5.74, 6) is -0.0412. The van der Waals surface area contributed by atoms with Gasteiger partial charge in [-0.1, -0.05) is 35.5 Å². The number of rotatable bonds is 5. The lowest BCUT2D eigenvalue weighted by Crippen LogP contribution is -2.14. The van der Waals surface area contributed by atoms with E-state index in [1.165, 1.54) is 16.4 Å². The van der Waals surface area contributed by atoms with Gasteiger partial charge in [-0.2, -0.15) is 4.68 Å². The number of benzene rings is 2. The van der Waals surface area contributed by atoms with E-state index in [-0.39, 0.29) is 11.7 Å². The van der Waals surface area contributed by atoms with E-state index in [9.17, 15) is 4.79 Å². The van der Waals surface area contributed by atoms with E-state index in [4.69, 9.17) is 11.6 Å². The Morgan fingerprint density at radius 2 is 1.93 bits per heavy atom. The Morgan fingerprint density at radius 1 is 1.11 bits per heavy atom.